The molecule has 0 spiro atoms. The van der Waals surface area contributed by atoms with E-state index in [1.165, 1.54) is 24.8 Å². The molecule has 2 N–H and O–H groups in total. The number of rotatable bonds is 3. The van der Waals surface area contributed by atoms with E-state index in [0.717, 1.165) is 37.0 Å². The minimum absolute atomic E-state index is 0.325. The third-order valence-electron chi connectivity index (χ3n) is 4.69. The summed E-state index contributed by atoms with van der Waals surface area (Å²) in [6, 6.07) is 7.84. The van der Waals surface area contributed by atoms with Crippen molar-refractivity contribution in [2.24, 2.45) is 11.8 Å². The first kappa shape index (κ1) is 12.5. The van der Waals surface area contributed by atoms with Crippen LogP contribution in [0, 0.1) is 11.8 Å². The van der Waals surface area contributed by atoms with Gasteiger partial charge in [-0.1, -0.05) is 18.6 Å². The summed E-state index contributed by atoms with van der Waals surface area (Å²) in [6.07, 6.45) is 5.47. The zero-order valence-electron chi connectivity index (χ0n) is 11.3. The Morgan fingerprint density at radius 2 is 1.79 bits per heavy atom. The van der Waals surface area contributed by atoms with Gasteiger partial charge in [0, 0.05) is 25.2 Å². The molecule has 0 radical (unpaired) electrons. The van der Waals surface area contributed by atoms with Crippen molar-refractivity contribution in [3.8, 4) is 0 Å². The second-order valence-electron chi connectivity index (χ2n) is 5.99. The standard InChI is InChI=1S/C16H22N2O/c17-15-7-4-12(5-8-15)6-9-16(19)18-10-13-2-1-3-14(13)11-18/h4-5,7-8,13-14H,1-3,6,9-11,17H2. The number of nitrogens with two attached hydrogens (primary N) is 1. The van der Waals surface area contributed by atoms with Crippen molar-refractivity contribution in [3.63, 3.8) is 0 Å². The van der Waals surface area contributed by atoms with Crippen molar-refractivity contribution < 1.29 is 4.79 Å². The van der Waals surface area contributed by atoms with E-state index in [0.29, 0.717) is 12.3 Å². The van der Waals surface area contributed by atoms with Gasteiger partial charge in [0.1, 0.15) is 0 Å². The second-order valence-corrected chi connectivity index (χ2v) is 5.99. The fourth-order valence-electron chi connectivity index (χ4n) is 3.53. The number of likely N-dealkylation sites (tertiary alicyclic amines) is 1. The fraction of sp³-hybridized carbons (Fsp3) is 0.562. The lowest BCUT2D eigenvalue weighted by molar-refractivity contribution is -0.130. The SMILES string of the molecule is Nc1ccc(CCC(=O)N2CC3CCCC3C2)cc1. The van der Waals surface area contributed by atoms with E-state index >= 15 is 0 Å². The summed E-state index contributed by atoms with van der Waals surface area (Å²) in [5.41, 5.74) is 7.64. The lowest BCUT2D eigenvalue weighted by Gasteiger charge is -2.17. The largest absolute Gasteiger partial charge is 0.399 e. The van der Waals surface area contributed by atoms with Crippen LogP contribution in [0.2, 0.25) is 0 Å². The number of anilines is 1. The van der Waals surface area contributed by atoms with Crippen molar-refractivity contribution in [3.05, 3.63) is 29.8 Å². The van der Waals surface area contributed by atoms with Gasteiger partial charge >= 0.3 is 0 Å². The number of nitrogen functional groups attached to an aromatic ring is 1. The van der Waals surface area contributed by atoms with Gasteiger partial charge < -0.3 is 10.6 Å². The molecule has 102 valence electrons. The lowest BCUT2D eigenvalue weighted by Crippen LogP contribution is -2.29. The molecule has 19 heavy (non-hydrogen) atoms. The number of aryl methyl sites for hydroxylation is 1. The van der Waals surface area contributed by atoms with Crippen molar-refractivity contribution in [1.82, 2.24) is 4.90 Å². The Bertz CT molecular complexity index is 442. The van der Waals surface area contributed by atoms with Crippen LogP contribution in [0.15, 0.2) is 24.3 Å². The third-order valence-corrected chi connectivity index (χ3v) is 4.69. The maximum atomic E-state index is 12.2. The Hall–Kier alpha value is -1.51. The highest BCUT2D eigenvalue weighted by Gasteiger charge is 2.37. The first-order valence-corrected chi connectivity index (χ1v) is 7.34. The molecule has 0 bridgehead atoms. The fourth-order valence-corrected chi connectivity index (χ4v) is 3.53. The van der Waals surface area contributed by atoms with Gasteiger partial charge in [0.05, 0.1) is 0 Å². The maximum Gasteiger partial charge on any atom is 0.222 e. The van der Waals surface area contributed by atoms with Gasteiger partial charge in [-0.15, -0.1) is 0 Å². The Balaban J connectivity index is 1.50. The van der Waals surface area contributed by atoms with Gasteiger partial charge in [-0.05, 0) is 48.8 Å². The summed E-state index contributed by atoms with van der Waals surface area (Å²) in [6.45, 7) is 2.01. The molecule has 1 amide bonds. The highest BCUT2D eigenvalue weighted by atomic mass is 16.2. The zero-order valence-corrected chi connectivity index (χ0v) is 11.3. The van der Waals surface area contributed by atoms with Crippen LogP contribution in [0.4, 0.5) is 5.69 Å². The van der Waals surface area contributed by atoms with E-state index in [2.05, 4.69) is 4.90 Å². The number of fused-ring (bicyclic) bond motifs is 1. The summed E-state index contributed by atoms with van der Waals surface area (Å²) in [4.78, 5) is 14.3. The molecular weight excluding hydrogens is 236 g/mol. The Labute approximate surface area is 114 Å². The molecule has 1 aromatic rings. The summed E-state index contributed by atoms with van der Waals surface area (Å²) in [7, 11) is 0. The molecule has 2 atom stereocenters. The molecule has 3 nitrogen and oxygen atoms in total. The van der Waals surface area contributed by atoms with Crippen LogP contribution in [0.5, 0.6) is 0 Å². The van der Waals surface area contributed by atoms with Gasteiger partial charge in [0.2, 0.25) is 5.91 Å². The summed E-state index contributed by atoms with van der Waals surface area (Å²) in [5, 5.41) is 0. The molecule has 1 aliphatic carbocycles. The average molecular weight is 258 g/mol. The smallest absolute Gasteiger partial charge is 0.222 e. The minimum Gasteiger partial charge on any atom is -0.399 e. The number of carbonyl (C=O) groups is 1. The van der Waals surface area contributed by atoms with E-state index in [-0.39, 0.29) is 0 Å². The quantitative estimate of drug-likeness (QED) is 0.847. The Morgan fingerprint density at radius 1 is 1.16 bits per heavy atom. The van der Waals surface area contributed by atoms with E-state index in [4.69, 9.17) is 5.73 Å². The summed E-state index contributed by atoms with van der Waals surface area (Å²) < 4.78 is 0. The van der Waals surface area contributed by atoms with Crippen molar-refractivity contribution >= 4 is 11.6 Å². The molecule has 3 heteroatoms. The number of benzene rings is 1. The van der Waals surface area contributed by atoms with E-state index in [1.807, 2.05) is 24.3 Å². The lowest BCUT2D eigenvalue weighted by atomic mass is 10.0. The van der Waals surface area contributed by atoms with Crippen LogP contribution in [0.1, 0.15) is 31.2 Å². The van der Waals surface area contributed by atoms with Gasteiger partial charge in [-0.3, -0.25) is 4.79 Å². The molecule has 1 heterocycles. The predicted molar refractivity (Wildman–Crippen MR) is 76.6 cm³/mol. The molecule has 1 saturated heterocycles. The number of nitrogens with zero attached hydrogens (tertiary/aromatic N) is 1. The highest BCUT2D eigenvalue weighted by Crippen LogP contribution is 2.37. The van der Waals surface area contributed by atoms with Crippen LogP contribution in [-0.4, -0.2) is 23.9 Å². The summed E-state index contributed by atoms with van der Waals surface area (Å²) in [5.74, 6) is 1.91. The number of hydrogen-bond acceptors (Lipinski definition) is 2. The van der Waals surface area contributed by atoms with Gasteiger partial charge in [-0.2, -0.15) is 0 Å². The zero-order chi connectivity index (χ0) is 13.2. The molecule has 0 aromatic heterocycles. The van der Waals surface area contributed by atoms with Gasteiger partial charge in [-0.25, -0.2) is 0 Å². The van der Waals surface area contributed by atoms with Crippen LogP contribution in [-0.2, 0) is 11.2 Å². The molecule has 2 unspecified atom stereocenters. The maximum absolute atomic E-state index is 12.2. The van der Waals surface area contributed by atoms with Gasteiger partial charge in [0.15, 0.2) is 0 Å². The van der Waals surface area contributed by atoms with Crippen molar-refractivity contribution in [2.75, 3.05) is 18.8 Å². The van der Waals surface area contributed by atoms with E-state index in [9.17, 15) is 4.79 Å². The first-order valence-electron chi connectivity index (χ1n) is 7.34. The number of amides is 1. The Kier molecular flexibility index (Phi) is 3.45. The highest BCUT2D eigenvalue weighted by molar-refractivity contribution is 5.76. The average Bonchev–Trinajstić information content (AvgIpc) is 2.98. The first-order chi connectivity index (χ1) is 9.22. The third kappa shape index (κ3) is 2.75. The van der Waals surface area contributed by atoms with E-state index in [1.54, 1.807) is 0 Å². The second kappa shape index (κ2) is 5.24. The number of carbonyl (C=O) groups excluding carboxylic acids is 1. The van der Waals surface area contributed by atoms with Crippen LogP contribution >= 0.6 is 0 Å². The van der Waals surface area contributed by atoms with Crippen LogP contribution < -0.4 is 5.73 Å². The van der Waals surface area contributed by atoms with Crippen LogP contribution in [0.25, 0.3) is 0 Å². The number of hydrogen-bond donors (Lipinski definition) is 1. The van der Waals surface area contributed by atoms with Crippen molar-refractivity contribution in [2.45, 2.75) is 32.1 Å². The molecule has 3 rings (SSSR count). The van der Waals surface area contributed by atoms with Crippen molar-refractivity contribution in [1.29, 1.82) is 0 Å². The molecule has 2 aliphatic rings. The predicted octanol–water partition coefficient (Wildman–Crippen LogP) is 2.46. The summed E-state index contributed by atoms with van der Waals surface area (Å²) >= 11 is 0. The molecule has 1 aliphatic heterocycles. The Morgan fingerprint density at radius 3 is 2.42 bits per heavy atom. The monoisotopic (exact) mass is 258 g/mol. The van der Waals surface area contributed by atoms with E-state index < -0.39 is 0 Å². The normalized spacial score (nSPS) is 25.6. The molecule has 1 aromatic carbocycles. The molecule has 2 fully saturated rings. The minimum atomic E-state index is 0.325. The van der Waals surface area contributed by atoms with Crippen LogP contribution in [0.3, 0.4) is 0 Å². The topological polar surface area (TPSA) is 46.3 Å². The van der Waals surface area contributed by atoms with Gasteiger partial charge in [0.25, 0.3) is 0 Å². The molecular formula is C16H22N2O. The molecule has 1 saturated carbocycles.